The normalized spacial score (nSPS) is 37.2. The Bertz CT molecular complexity index is 184. The molecule has 0 spiro atoms. The van der Waals surface area contributed by atoms with Crippen LogP contribution in [0.2, 0.25) is 0 Å². The van der Waals surface area contributed by atoms with Crippen molar-refractivity contribution in [2.45, 2.75) is 18.6 Å². The summed E-state index contributed by atoms with van der Waals surface area (Å²) in [5, 5.41) is 4.57. The molecular weight excluding hydrogens is 126 g/mol. The van der Waals surface area contributed by atoms with Crippen molar-refractivity contribution >= 4 is 10.0 Å². The molecule has 0 radical (unpaired) electrons. The summed E-state index contributed by atoms with van der Waals surface area (Å²) in [7, 11) is -3.18. The number of nitrogens with two attached hydrogens (primary N) is 1. The quantitative estimate of drug-likeness (QED) is 0.535. The second-order valence-electron chi connectivity index (χ2n) is 2.34. The highest BCUT2D eigenvalue weighted by molar-refractivity contribution is 7.90. The average Bonchev–Trinajstić information content (AvgIpc) is 2.13. The lowest BCUT2D eigenvalue weighted by molar-refractivity contribution is 0.594. The van der Waals surface area contributed by atoms with Crippen LogP contribution in [0.1, 0.15) is 13.3 Å². The van der Waals surface area contributed by atoms with Gasteiger partial charge in [-0.2, -0.15) is 0 Å². The van der Waals surface area contributed by atoms with Crippen LogP contribution in [-0.2, 0) is 10.0 Å². The molecule has 1 rings (SSSR count). The van der Waals surface area contributed by atoms with Gasteiger partial charge in [0.15, 0.2) is 0 Å². The van der Waals surface area contributed by atoms with Crippen LogP contribution >= 0.6 is 0 Å². The Morgan fingerprint density at radius 2 is 2.00 bits per heavy atom. The van der Waals surface area contributed by atoms with Crippen LogP contribution in [0.5, 0.6) is 0 Å². The van der Waals surface area contributed by atoms with E-state index in [1.165, 1.54) is 0 Å². The van der Waals surface area contributed by atoms with Gasteiger partial charge in [0.05, 0.1) is 5.25 Å². The second kappa shape index (κ2) is 1.45. The van der Waals surface area contributed by atoms with E-state index in [2.05, 4.69) is 0 Å². The van der Waals surface area contributed by atoms with Crippen LogP contribution in [0.15, 0.2) is 0 Å². The zero-order valence-electron chi connectivity index (χ0n) is 4.66. The molecule has 0 aromatic heterocycles. The molecule has 8 heavy (non-hydrogen) atoms. The molecular formula is C4H9NO2S. The van der Waals surface area contributed by atoms with Gasteiger partial charge in [-0.25, -0.2) is 13.6 Å². The van der Waals surface area contributed by atoms with Crippen LogP contribution < -0.4 is 5.14 Å². The third-order valence-corrected chi connectivity index (χ3v) is 2.96. The van der Waals surface area contributed by atoms with E-state index in [1.807, 2.05) is 6.92 Å². The predicted octanol–water partition coefficient (Wildman–Crippen LogP) is -0.317. The van der Waals surface area contributed by atoms with E-state index >= 15 is 0 Å². The highest BCUT2D eigenvalue weighted by atomic mass is 32.2. The highest BCUT2D eigenvalue weighted by Gasteiger charge is 2.41. The zero-order chi connectivity index (χ0) is 6.36. The van der Waals surface area contributed by atoms with E-state index in [1.54, 1.807) is 0 Å². The Kier molecular flexibility index (Phi) is 1.09. The van der Waals surface area contributed by atoms with Gasteiger partial charge in [0.1, 0.15) is 0 Å². The van der Waals surface area contributed by atoms with Crippen molar-refractivity contribution in [2.24, 2.45) is 11.1 Å². The van der Waals surface area contributed by atoms with E-state index in [4.69, 9.17) is 5.14 Å². The molecule has 1 fully saturated rings. The fraction of sp³-hybridized carbons (Fsp3) is 1.00. The van der Waals surface area contributed by atoms with Gasteiger partial charge < -0.3 is 0 Å². The van der Waals surface area contributed by atoms with Crippen molar-refractivity contribution in [1.29, 1.82) is 0 Å². The molecule has 48 valence electrons. The van der Waals surface area contributed by atoms with Crippen molar-refractivity contribution in [1.82, 2.24) is 0 Å². The largest absolute Gasteiger partial charge is 0.228 e. The van der Waals surface area contributed by atoms with Gasteiger partial charge in [0.2, 0.25) is 10.0 Å². The van der Waals surface area contributed by atoms with Crippen LogP contribution in [0, 0.1) is 5.92 Å². The molecule has 0 bridgehead atoms. The second-order valence-corrected chi connectivity index (χ2v) is 4.12. The molecule has 0 unspecified atom stereocenters. The first-order chi connectivity index (χ1) is 3.52. The minimum atomic E-state index is -3.18. The number of hydrogen-bond acceptors (Lipinski definition) is 2. The molecule has 0 saturated heterocycles. The van der Waals surface area contributed by atoms with Crippen LogP contribution in [0.25, 0.3) is 0 Å². The van der Waals surface area contributed by atoms with Crippen LogP contribution in [0.3, 0.4) is 0 Å². The zero-order valence-corrected chi connectivity index (χ0v) is 5.48. The van der Waals surface area contributed by atoms with E-state index < -0.39 is 10.0 Å². The molecule has 1 aliphatic rings. The molecule has 2 atom stereocenters. The van der Waals surface area contributed by atoms with E-state index in [-0.39, 0.29) is 5.25 Å². The lowest BCUT2D eigenvalue weighted by Crippen LogP contribution is -2.18. The molecule has 0 aromatic carbocycles. The predicted molar refractivity (Wildman–Crippen MR) is 30.7 cm³/mol. The molecule has 2 N–H and O–H groups in total. The minimum absolute atomic E-state index is 0.234. The van der Waals surface area contributed by atoms with Crippen molar-refractivity contribution in [3.63, 3.8) is 0 Å². The SMILES string of the molecule is C[C@@H]1C[C@@H]1S(N)(=O)=O. The summed E-state index contributed by atoms with van der Waals surface area (Å²) in [4.78, 5) is 0. The van der Waals surface area contributed by atoms with Crippen molar-refractivity contribution in [3.05, 3.63) is 0 Å². The van der Waals surface area contributed by atoms with Gasteiger partial charge in [-0.3, -0.25) is 0 Å². The van der Waals surface area contributed by atoms with Gasteiger partial charge in [0, 0.05) is 0 Å². The van der Waals surface area contributed by atoms with Gasteiger partial charge in [-0.1, -0.05) is 6.92 Å². The first-order valence-corrected chi connectivity index (χ1v) is 4.14. The smallest absolute Gasteiger partial charge is 0.212 e. The summed E-state index contributed by atoms with van der Waals surface area (Å²) in [6.45, 7) is 1.88. The summed E-state index contributed by atoms with van der Waals surface area (Å²) >= 11 is 0. The molecule has 4 heteroatoms. The summed E-state index contributed by atoms with van der Waals surface area (Å²) in [5.41, 5.74) is 0. The average molecular weight is 135 g/mol. The van der Waals surface area contributed by atoms with Gasteiger partial charge in [-0.15, -0.1) is 0 Å². The minimum Gasteiger partial charge on any atom is -0.228 e. The first-order valence-electron chi connectivity index (χ1n) is 2.53. The fourth-order valence-corrected chi connectivity index (χ4v) is 1.97. The van der Waals surface area contributed by atoms with Crippen molar-refractivity contribution < 1.29 is 8.42 Å². The maximum absolute atomic E-state index is 10.4. The summed E-state index contributed by atoms with van der Waals surface area (Å²) < 4.78 is 20.8. The molecule has 3 nitrogen and oxygen atoms in total. The topological polar surface area (TPSA) is 60.2 Å². The summed E-state index contributed by atoms with van der Waals surface area (Å²) in [6, 6.07) is 0. The Morgan fingerprint density at radius 1 is 1.62 bits per heavy atom. The number of rotatable bonds is 1. The Balaban J connectivity index is 2.66. The standard InChI is InChI=1S/C4H9NO2S/c1-3-2-4(3)8(5,6)7/h3-4H,2H2,1H3,(H2,5,6,7)/t3-,4+/m1/s1. The molecule has 1 saturated carbocycles. The van der Waals surface area contributed by atoms with Crippen LogP contribution in [-0.4, -0.2) is 13.7 Å². The van der Waals surface area contributed by atoms with E-state index in [9.17, 15) is 8.42 Å². The molecule has 1 aliphatic carbocycles. The maximum Gasteiger partial charge on any atom is 0.212 e. The van der Waals surface area contributed by atoms with Gasteiger partial charge in [0.25, 0.3) is 0 Å². The van der Waals surface area contributed by atoms with Crippen LogP contribution in [0.4, 0.5) is 0 Å². The summed E-state index contributed by atoms with van der Waals surface area (Å²) in [6.07, 6.45) is 0.749. The Labute approximate surface area is 48.9 Å². The number of sulfonamides is 1. The van der Waals surface area contributed by atoms with Crippen molar-refractivity contribution in [2.75, 3.05) is 0 Å². The molecule has 0 aromatic rings. The first kappa shape index (κ1) is 6.04. The molecule has 0 aliphatic heterocycles. The van der Waals surface area contributed by atoms with E-state index in [0.717, 1.165) is 6.42 Å². The number of primary sulfonamides is 1. The number of hydrogen-bond donors (Lipinski definition) is 1. The Hall–Kier alpha value is -0.0900. The molecule has 0 heterocycles. The fourth-order valence-electron chi connectivity index (χ4n) is 0.746. The lowest BCUT2D eigenvalue weighted by atomic mass is 10.5. The van der Waals surface area contributed by atoms with E-state index in [0.29, 0.717) is 5.92 Å². The lowest BCUT2D eigenvalue weighted by Gasteiger charge is -1.87. The van der Waals surface area contributed by atoms with Gasteiger partial charge >= 0.3 is 0 Å². The third-order valence-electron chi connectivity index (χ3n) is 1.46. The highest BCUT2D eigenvalue weighted by Crippen LogP contribution is 2.34. The van der Waals surface area contributed by atoms with Crippen molar-refractivity contribution in [3.8, 4) is 0 Å². The maximum atomic E-state index is 10.4. The molecule has 0 amide bonds. The Morgan fingerprint density at radius 3 is 2.00 bits per heavy atom. The third kappa shape index (κ3) is 1.00. The van der Waals surface area contributed by atoms with Gasteiger partial charge in [-0.05, 0) is 12.3 Å². The summed E-state index contributed by atoms with van der Waals surface area (Å²) in [5.74, 6) is 0.296. The monoisotopic (exact) mass is 135 g/mol.